The molecule has 2 saturated heterocycles. The molecule has 26 heavy (non-hydrogen) atoms. The minimum atomic E-state index is -0.124. The summed E-state index contributed by atoms with van der Waals surface area (Å²) in [6.45, 7) is 5.48. The third kappa shape index (κ3) is 3.61. The van der Waals surface area contributed by atoms with Crippen molar-refractivity contribution in [2.45, 2.75) is 0 Å². The van der Waals surface area contributed by atoms with Crippen LogP contribution in [0.25, 0.3) is 0 Å². The maximum absolute atomic E-state index is 12.7. The number of hydrogen-bond donors (Lipinski definition) is 0. The van der Waals surface area contributed by atoms with Gasteiger partial charge < -0.3 is 24.0 Å². The zero-order valence-corrected chi connectivity index (χ0v) is 15.1. The third-order valence-corrected chi connectivity index (χ3v) is 4.87. The fourth-order valence-electron chi connectivity index (χ4n) is 3.16. The number of pyridine rings is 1. The number of rotatable bonds is 3. The van der Waals surface area contributed by atoms with Gasteiger partial charge in [-0.2, -0.15) is 0 Å². The average Bonchev–Trinajstić information content (AvgIpc) is 3.19. The van der Waals surface area contributed by atoms with Crippen LogP contribution in [0.3, 0.4) is 0 Å². The Balaban J connectivity index is 1.36. The van der Waals surface area contributed by atoms with Gasteiger partial charge in [-0.3, -0.25) is 4.79 Å². The van der Waals surface area contributed by atoms with E-state index in [1.54, 1.807) is 17.2 Å². The van der Waals surface area contributed by atoms with Gasteiger partial charge in [-0.1, -0.05) is 16.8 Å². The van der Waals surface area contributed by atoms with Crippen LogP contribution in [0.15, 0.2) is 28.9 Å². The minimum absolute atomic E-state index is 0.124. The van der Waals surface area contributed by atoms with E-state index in [9.17, 15) is 4.79 Å². The molecule has 8 nitrogen and oxygen atoms in total. The lowest BCUT2D eigenvalue weighted by molar-refractivity contribution is 0.0704. The van der Waals surface area contributed by atoms with Gasteiger partial charge in [0.05, 0.1) is 18.2 Å². The number of carbonyl (C=O) groups excluding carboxylic acids is 1. The zero-order valence-electron chi connectivity index (χ0n) is 14.3. The van der Waals surface area contributed by atoms with E-state index in [-0.39, 0.29) is 11.7 Å². The normalized spacial score (nSPS) is 18.3. The van der Waals surface area contributed by atoms with Crippen LogP contribution in [0.2, 0.25) is 5.02 Å². The van der Waals surface area contributed by atoms with Crippen molar-refractivity contribution in [3.63, 3.8) is 0 Å². The molecular formula is C17H20ClN5O3. The molecule has 9 heteroatoms. The van der Waals surface area contributed by atoms with E-state index in [0.717, 1.165) is 18.9 Å². The molecule has 0 bridgehead atoms. The van der Waals surface area contributed by atoms with Crippen molar-refractivity contribution < 1.29 is 14.1 Å². The summed E-state index contributed by atoms with van der Waals surface area (Å²) in [7, 11) is 0. The van der Waals surface area contributed by atoms with E-state index in [0.29, 0.717) is 50.2 Å². The molecule has 0 aromatic carbocycles. The molecule has 2 fully saturated rings. The van der Waals surface area contributed by atoms with Gasteiger partial charge in [0.15, 0.2) is 5.82 Å². The van der Waals surface area contributed by atoms with Crippen LogP contribution in [0.1, 0.15) is 10.6 Å². The molecule has 0 saturated carbocycles. The Morgan fingerprint density at radius 3 is 2.42 bits per heavy atom. The first kappa shape index (κ1) is 17.1. The summed E-state index contributed by atoms with van der Waals surface area (Å²) in [6, 6.07) is 5.44. The van der Waals surface area contributed by atoms with Gasteiger partial charge in [-0.05, 0) is 12.1 Å². The van der Waals surface area contributed by atoms with E-state index in [2.05, 4.69) is 19.9 Å². The Hall–Kier alpha value is -2.32. The summed E-state index contributed by atoms with van der Waals surface area (Å²) >= 11 is 5.88. The van der Waals surface area contributed by atoms with E-state index in [1.807, 2.05) is 12.1 Å². The van der Waals surface area contributed by atoms with Crippen molar-refractivity contribution in [2.24, 2.45) is 0 Å². The summed E-state index contributed by atoms with van der Waals surface area (Å²) in [5.74, 6) is 1.72. The Bertz CT molecular complexity index is 752. The number of aromatic nitrogens is 2. The smallest absolute Gasteiger partial charge is 0.292 e. The molecule has 138 valence electrons. The van der Waals surface area contributed by atoms with Crippen LogP contribution in [0.5, 0.6) is 0 Å². The van der Waals surface area contributed by atoms with Crippen LogP contribution >= 0.6 is 11.6 Å². The second kappa shape index (κ2) is 7.51. The predicted molar refractivity (Wildman–Crippen MR) is 96.9 cm³/mol. The zero-order chi connectivity index (χ0) is 17.9. The number of nitrogens with zero attached hydrogens (tertiary/aromatic N) is 5. The van der Waals surface area contributed by atoms with Crippen molar-refractivity contribution in [3.05, 3.63) is 35.2 Å². The van der Waals surface area contributed by atoms with Crippen molar-refractivity contribution in [3.8, 4) is 0 Å². The SMILES string of the molecule is O=C(c1cc(N2CCOCC2)no1)N1CCN(c2ccc(Cl)cn2)CC1. The molecule has 2 aromatic rings. The lowest BCUT2D eigenvalue weighted by atomic mass is 10.2. The van der Waals surface area contributed by atoms with Crippen molar-refractivity contribution in [2.75, 3.05) is 62.3 Å². The Morgan fingerprint density at radius 1 is 1.00 bits per heavy atom. The fourth-order valence-corrected chi connectivity index (χ4v) is 3.27. The summed E-state index contributed by atoms with van der Waals surface area (Å²) in [6.07, 6.45) is 1.64. The molecule has 2 aliphatic rings. The maximum atomic E-state index is 12.7. The molecule has 0 radical (unpaired) electrons. The van der Waals surface area contributed by atoms with Gasteiger partial charge in [0, 0.05) is 51.5 Å². The maximum Gasteiger partial charge on any atom is 0.292 e. The van der Waals surface area contributed by atoms with Gasteiger partial charge >= 0.3 is 0 Å². The molecule has 0 spiro atoms. The standard InChI is InChI=1S/C17H20ClN5O3/c18-13-1-2-15(19-12-13)21-3-5-23(6-4-21)17(24)14-11-16(20-26-14)22-7-9-25-10-8-22/h1-2,11-12H,3-10H2. The number of morpholine rings is 1. The van der Waals surface area contributed by atoms with Crippen molar-refractivity contribution >= 4 is 29.1 Å². The van der Waals surface area contributed by atoms with Gasteiger partial charge in [0.25, 0.3) is 5.91 Å². The van der Waals surface area contributed by atoms with Crippen LogP contribution < -0.4 is 9.80 Å². The van der Waals surface area contributed by atoms with E-state index >= 15 is 0 Å². The van der Waals surface area contributed by atoms with E-state index in [4.69, 9.17) is 20.9 Å². The number of piperazine rings is 1. The molecule has 2 aromatic heterocycles. The lowest BCUT2D eigenvalue weighted by Gasteiger charge is -2.34. The molecule has 2 aliphatic heterocycles. The van der Waals surface area contributed by atoms with Crippen molar-refractivity contribution in [1.29, 1.82) is 0 Å². The highest BCUT2D eigenvalue weighted by Gasteiger charge is 2.26. The topological polar surface area (TPSA) is 74.9 Å². The molecule has 0 N–H and O–H groups in total. The van der Waals surface area contributed by atoms with E-state index < -0.39 is 0 Å². The first-order chi connectivity index (χ1) is 12.7. The van der Waals surface area contributed by atoms with E-state index in [1.165, 1.54) is 0 Å². The third-order valence-electron chi connectivity index (χ3n) is 4.65. The number of anilines is 2. The number of amides is 1. The second-order valence-corrected chi connectivity index (χ2v) is 6.70. The summed E-state index contributed by atoms with van der Waals surface area (Å²) < 4.78 is 10.6. The molecule has 1 amide bonds. The van der Waals surface area contributed by atoms with Crippen LogP contribution in [0, 0.1) is 0 Å². The second-order valence-electron chi connectivity index (χ2n) is 6.26. The minimum Gasteiger partial charge on any atom is -0.378 e. The number of halogens is 1. The Kier molecular flexibility index (Phi) is 4.94. The number of hydrogen-bond acceptors (Lipinski definition) is 7. The highest BCUT2D eigenvalue weighted by atomic mass is 35.5. The van der Waals surface area contributed by atoms with Gasteiger partial charge in [0.1, 0.15) is 5.82 Å². The monoisotopic (exact) mass is 377 g/mol. The summed E-state index contributed by atoms with van der Waals surface area (Å²) in [5, 5.41) is 4.66. The average molecular weight is 378 g/mol. The number of ether oxygens (including phenoxy) is 1. The molecular weight excluding hydrogens is 358 g/mol. The quantitative estimate of drug-likeness (QED) is 0.802. The predicted octanol–water partition coefficient (Wildman–Crippen LogP) is 1.52. The number of carbonyl (C=O) groups is 1. The van der Waals surface area contributed by atoms with Crippen LogP contribution in [0.4, 0.5) is 11.6 Å². The largest absolute Gasteiger partial charge is 0.378 e. The Morgan fingerprint density at radius 2 is 1.73 bits per heavy atom. The van der Waals surface area contributed by atoms with Gasteiger partial charge in [-0.15, -0.1) is 0 Å². The highest BCUT2D eigenvalue weighted by Crippen LogP contribution is 2.20. The molecule has 0 atom stereocenters. The first-order valence-electron chi connectivity index (χ1n) is 8.66. The molecule has 0 aliphatic carbocycles. The summed E-state index contributed by atoms with van der Waals surface area (Å²) in [4.78, 5) is 23.0. The van der Waals surface area contributed by atoms with Gasteiger partial charge in [0.2, 0.25) is 5.76 Å². The Labute approximate surface area is 156 Å². The molecule has 4 heterocycles. The molecule has 4 rings (SSSR count). The van der Waals surface area contributed by atoms with Crippen LogP contribution in [-0.2, 0) is 4.74 Å². The highest BCUT2D eigenvalue weighted by molar-refractivity contribution is 6.30. The lowest BCUT2D eigenvalue weighted by Crippen LogP contribution is -2.49. The van der Waals surface area contributed by atoms with Crippen LogP contribution in [-0.4, -0.2) is 73.4 Å². The first-order valence-corrected chi connectivity index (χ1v) is 9.04. The summed E-state index contributed by atoms with van der Waals surface area (Å²) in [5.41, 5.74) is 0. The fraction of sp³-hybridized carbons (Fsp3) is 0.471. The van der Waals surface area contributed by atoms with Crippen molar-refractivity contribution in [1.82, 2.24) is 15.0 Å². The molecule has 0 unspecified atom stereocenters. The van der Waals surface area contributed by atoms with Gasteiger partial charge in [-0.25, -0.2) is 4.98 Å².